The maximum absolute atomic E-state index is 5.54. The summed E-state index contributed by atoms with van der Waals surface area (Å²) in [7, 11) is 0. The van der Waals surface area contributed by atoms with E-state index in [0.717, 1.165) is 32.1 Å². The zero-order valence-corrected chi connectivity index (χ0v) is 9.78. The van der Waals surface area contributed by atoms with Crippen molar-refractivity contribution in [1.82, 2.24) is 4.57 Å². The van der Waals surface area contributed by atoms with Gasteiger partial charge in [-0.15, -0.1) is 0 Å². The first-order valence-electron chi connectivity index (χ1n) is 5.65. The molecule has 0 spiro atoms. The molecule has 1 aromatic heterocycles. The molecular formula is C12H22N2O. The van der Waals surface area contributed by atoms with Crippen LogP contribution < -0.4 is 5.73 Å². The lowest BCUT2D eigenvalue weighted by Gasteiger charge is -2.06. The minimum absolute atomic E-state index is 0.612. The van der Waals surface area contributed by atoms with Crippen LogP contribution in [0.4, 0.5) is 0 Å². The second kappa shape index (κ2) is 6.64. The Kier molecular flexibility index (Phi) is 5.43. The van der Waals surface area contributed by atoms with Crippen molar-refractivity contribution >= 4 is 0 Å². The van der Waals surface area contributed by atoms with Crippen molar-refractivity contribution in [2.24, 2.45) is 11.7 Å². The van der Waals surface area contributed by atoms with Crippen LogP contribution in [-0.4, -0.2) is 17.8 Å². The van der Waals surface area contributed by atoms with Gasteiger partial charge in [0.15, 0.2) is 0 Å². The van der Waals surface area contributed by atoms with Gasteiger partial charge in [0.1, 0.15) is 0 Å². The van der Waals surface area contributed by atoms with Gasteiger partial charge >= 0.3 is 0 Å². The molecule has 0 amide bonds. The molecule has 1 aromatic rings. The van der Waals surface area contributed by atoms with Crippen LogP contribution in [0.15, 0.2) is 18.5 Å². The van der Waals surface area contributed by atoms with Crippen LogP contribution in [-0.2, 0) is 17.8 Å². The highest BCUT2D eigenvalue weighted by Gasteiger charge is 1.96. The first kappa shape index (κ1) is 12.3. The standard InChI is InChI=1S/C12H22N2O/c1-11(2)4-7-15-8-6-14-5-3-12(9-13)10-14/h3,5,10-11H,4,6-9,13H2,1-2H3. The molecule has 2 N–H and O–H groups in total. The summed E-state index contributed by atoms with van der Waals surface area (Å²) >= 11 is 0. The Labute approximate surface area is 92.2 Å². The van der Waals surface area contributed by atoms with Crippen LogP contribution in [0, 0.1) is 5.92 Å². The molecule has 0 saturated carbocycles. The molecule has 15 heavy (non-hydrogen) atoms. The summed E-state index contributed by atoms with van der Waals surface area (Å²) in [5, 5.41) is 0. The molecule has 0 radical (unpaired) electrons. The van der Waals surface area contributed by atoms with E-state index in [1.165, 1.54) is 5.56 Å². The van der Waals surface area contributed by atoms with Gasteiger partial charge in [0, 0.05) is 32.1 Å². The van der Waals surface area contributed by atoms with Crippen molar-refractivity contribution in [1.29, 1.82) is 0 Å². The maximum Gasteiger partial charge on any atom is 0.0645 e. The molecule has 0 saturated heterocycles. The van der Waals surface area contributed by atoms with Crippen molar-refractivity contribution in [3.8, 4) is 0 Å². The third-order valence-electron chi connectivity index (χ3n) is 2.38. The lowest BCUT2D eigenvalue weighted by molar-refractivity contribution is 0.116. The van der Waals surface area contributed by atoms with E-state index >= 15 is 0 Å². The van der Waals surface area contributed by atoms with Gasteiger partial charge in [0.2, 0.25) is 0 Å². The fourth-order valence-electron chi connectivity index (χ4n) is 1.34. The van der Waals surface area contributed by atoms with Crippen molar-refractivity contribution in [3.63, 3.8) is 0 Å². The molecule has 0 unspecified atom stereocenters. The van der Waals surface area contributed by atoms with Gasteiger partial charge in [0.25, 0.3) is 0 Å². The van der Waals surface area contributed by atoms with Crippen LogP contribution in [0.2, 0.25) is 0 Å². The number of hydrogen-bond donors (Lipinski definition) is 1. The molecule has 0 atom stereocenters. The van der Waals surface area contributed by atoms with E-state index in [9.17, 15) is 0 Å². The summed E-state index contributed by atoms with van der Waals surface area (Å²) in [6.45, 7) is 7.60. The zero-order chi connectivity index (χ0) is 11.1. The maximum atomic E-state index is 5.54. The van der Waals surface area contributed by atoms with Crippen LogP contribution in [0.25, 0.3) is 0 Å². The predicted molar refractivity (Wildman–Crippen MR) is 62.6 cm³/mol. The van der Waals surface area contributed by atoms with Gasteiger partial charge in [-0.25, -0.2) is 0 Å². The topological polar surface area (TPSA) is 40.2 Å². The minimum Gasteiger partial charge on any atom is -0.380 e. The third kappa shape index (κ3) is 5.00. The molecule has 0 aliphatic rings. The van der Waals surface area contributed by atoms with E-state index in [1.54, 1.807) is 0 Å². The first-order valence-corrected chi connectivity index (χ1v) is 5.65. The monoisotopic (exact) mass is 210 g/mol. The van der Waals surface area contributed by atoms with Gasteiger partial charge < -0.3 is 15.0 Å². The summed E-state index contributed by atoms with van der Waals surface area (Å²) in [6, 6.07) is 2.05. The van der Waals surface area contributed by atoms with Crippen LogP contribution in [0.5, 0.6) is 0 Å². The Morgan fingerprint density at radius 2 is 2.20 bits per heavy atom. The van der Waals surface area contributed by atoms with E-state index in [4.69, 9.17) is 10.5 Å². The summed E-state index contributed by atoms with van der Waals surface area (Å²) in [6.07, 6.45) is 5.26. The number of hydrogen-bond acceptors (Lipinski definition) is 2. The van der Waals surface area contributed by atoms with Gasteiger partial charge in [-0.2, -0.15) is 0 Å². The first-order chi connectivity index (χ1) is 7.22. The van der Waals surface area contributed by atoms with E-state index in [2.05, 4.69) is 24.6 Å². The predicted octanol–water partition coefficient (Wildman–Crippen LogP) is 2.01. The van der Waals surface area contributed by atoms with Crippen molar-refractivity contribution in [2.45, 2.75) is 33.4 Å². The highest BCUT2D eigenvalue weighted by atomic mass is 16.5. The second-order valence-electron chi connectivity index (χ2n) is 4.26. The molecule has 86 valence electrons. The highest BCUT2D eigenvalue weighted by Crippen LogP contribution is 2.01. The average Bonchev–Trinajstić information content (AvgIpc) is 2.65. The Balaban J connectivity index is 2.09. The Hall–Kier alpha value is -0.800. The molecule has 0 bridgehead atoms. The summed E-state index contributed by atoms with van der Waals surface area (Å²) in [4.78, 5) is 0. The van der Waals surface area contributed by atoms with Crippen LogP contribution in [0.1, 0.15) is 25.8 Å². The number of rotatable bonds is 7. The molecule has 0 aromatic carbocycles. The molecule has 3 heteroatoms. The lowest BCUT2D eigenvalue weighted by Crippen LogP contribution is -2.06. The molecule has 1 rings (SSSR count). The zero-order valence-electron chi connectivity index (χ0n) is 9.78. The number of nitrogens with two attached hydrogens (primary N) is 1. The fraction of sp³-hybridized carbons (Fsp3) is 0.667. The fourth-order valence-corrected chi connectivity index (χ4v) is 1.34. The van der Waals surface area contributed by atoms with Crippen molar-refractivity contribution in [2.75, 3.05) is 13.2 Å². The van der Waals surface area contributed by atoms with E-state index in [0.29, 0.717) is 6.54 Å². The molecule has 0 fully saturated rings. The average molecular weight is 210 g/mol. The van der Waals surface area contributed by atoms with Crippen LogP contribution >= 0.6 is 0 Å². The van der Waals surface area contributed by atoms with Gasteiger partial charge in [-0.05, 0) is 24.0 Å². The van der Waals surface area contributed by atoms with Gasteiger partial charge in [0.05, 0.1) is 6.61 Å². The lowest BCUT2D eigenvalue weighted by atomic mass is 10.1. The summed E-state index contributed by atoms with van der Waals surface area (Å²) < 4.78 is 7.66. The largest absolute Gasteiger partial charge is 0.380 e. The number of nitrogens with zero attached hydrogens (tertiary/aromatic N) is 1. The summed E-state index contributed by atoms with van der Waals surface area (Å²) in [5.41, 5.74) is 6.71. The Bertz CT molecular complexity index is 268. The normalized spacial score (nSPS) is 11.2. The minimum atomic E-state index is 0.612. The van der Waals surface area contributed by atoms with E-state index in [1.807, 2.05) is 12.3 Å². The highest BCUT2D eigenvalue weighted by molar-refractivity contribution is 5.09. The quantitative estimate of drug-likeness (QED) is 0.699. The third-order valence-corrected chi connectivity index (χ3v) is 2.38. The number of ether oxygens (including phenoxy) is 1. The van der Waals surface area contributed by atoms with Crippen LogP contribution in [0.3, 0.4) is 0 Å². The SMILES string of the molecule is CC(C)CCOCCn1ccc(CN)c1. The van der Waals surface area contributed by atoms with Crippen molar-refractivity contribution in [3.05, 3.63) is 24.0 Å². The Morgan fingerprint density at radius 1 is 1.40 bits per heavy atom. The van der Waals surface area contributed by atoms with Crippen molar-refractivity contribution < 1.29 is 4.74 Å². The molecule has 0 aliphatic carbocycles. The Morgan fingerprint density at radius 3 is 2.80 bits per heavy atom. The molecule has 1 heterocycles. The molecule has 0 aliphatic heterocycles. The smallest absolute Gasteiger partial charge is 0.0645 e. The molecular weight excluding hydrogens is 188 g/mol. The summed E-state index contributed by atoms with van der Waals surface area (Å²) in [5.74, 6) is 0.723. The van der Waals surface area contributed by atoms with E-state index < -0.39 is 0 Å². The second-order valence-corrected chi connectivity index (χ2v) is 4.26. The van der Waals surface area contributed by atoms with Gasteiger partial charge in [-0.3, -0.25) is 0 Å². The van der Waals surface area contributed by atoms with Gasteiger partial charge in [-0.1, -0.05) is 13.8 Å². The molecule has 3 nitrogen and oxygen atoms in total. The number of aromatic nitrogens is 1. The van der Waals surface area contributed by atoms with E-state index in [-0.39, 0.29) is 0 Å².